The van der Waals surface area contributed by atoms with Crippen LogP contribution in [0.3, 0.4) is 0 Å². The molecular formula is C14H27ClN2OS. The molecule has 5 heteroatoms. The Morgan fingerprint density at radius 2 is 2.05 bits per heavy atom. The maximum Gasteiger partial charge on any atom is 0.222 e. The minimum absolute atomic E-state index is 0. The zero-order valence-electron chi connectivity index (χ0n) is 12.1. The Labute approximate surface area is 127 Å². The van der Waals surface area contributed by atoms with Crippen LogP contribution in [0.4, 0.5) is 0 Å². The first kappa shape index (κ1) is 17.1. The second-order valence-corrected chi connectivity index (χ2v) is 7.96. The topological polar surface area (TPSA) is 32.3 Å². The summed E-state index contributed by atoms with van der Waals surface area (Å²) < 4.78 is 0.239. The van der Waals surface area contributed by atoms with Crippen molar-refractivity contribution in [3.8, 4) is 0 Å². The second kappa shape index (κ2) is 7.75. The molecule has 0 atom stereocenters. The van der Waals surface area contributed by atoms with Gasteiger partial charge in [0.1, 0.15) is 0 Å². The van der Waals surface area contributed by atoms with Crippen LogP contribution in [-0.2, 0) is 4.79 Å². The van der Waals surface area contributed by atoms with Crippen LogP contribution in [0.15, 0.2) is 0 Å². The van der Waals surface area contributed by atoms with E-state index in [0.29, 0.717) is 5.91 Å². The van der Waals surface area contributed by atoms with Crippen molar-refractivity contribution < 1.29 is 4.79 Å². The van der Waals surface area contributed by atoms with E-state index in [1.807, 2.05) is 11.8 Å². The van der Waals surface area contributed by atoms with Gasteiger partial charge in [0.25, 0.3) is 0 Å². The van der Waals surface area contributed by atoms with Gasteiger partial charge in [-0.25, -0.2) is 0 Å². The van der Waals surface area contributed by atoms with Crippen LogP contribution in [0.5, 0.6) is 0 Å². The van der Waals surface area contributed by atoms with Gasteiger partial charge in [-0.05, 0) is 52.1 Å². The second-order valence-electron chi connectivity index (χ2n) is 6.16. The van der Waals surface area contributed by atoms with Crippen molar-refractivity contribution in [2.75, 3.05) is 31.9 Å². The molecule has 0 saturated carbocycles. The van der Waals surface area contributed by atoms with Crippen LogP contribution in [-0.4, -0.2) is 47.5 Å². The molecule has 2 fully saturated rings. The summed E-state index contributed by atoms with van der Waals surface area (Å²) >= 11 is 1.99. The third-order valence-electron chi connectivity index (χ3n) is 4.00. The molecule has 19 heavy (non-hydrogen) atoms. The Balaban J connectivity index is 0.00000180. The fourth-order valence-electron chi connectivity index (χ4n) is 2.89. The first-order valence-corrected chi connectivity index (χ1v) is 8.18. The highest BCUT2D eigenvalue weighted by Crippen LogP contribution is 2.30. The van der Waals surface area contributed by atoms with Gasteiger partial charge in [-0.1, -0.05) is 0 Å². The number of piperidine rings is 1. The van der Waals surface area contributed by atoms with Gasteiger partial charge in [-0.3, -0.25) is 4.79 Å². The van der Waals surface area contributed by atoms with Gasteiger partial charge in [0.15, 0.2) is 0 Å². The molecule has 1 amide bonds. The minimum Gasteiger partial charge on any atom is -0.341 e. The number of nitrogens with one attached hydrogen (secondary N) is 1. The first-order valence-electron chi connectivity index (χ1n) is 7.19. The maximum atomic E-state index is 12.2. The molecule has 0 spiro atoms. The van der Waals surface area contributed by atoms with E-state index in [1.165, 1.54) is 12.8 Å². The Hall–Kier alpha value is 0.0700. The normalized spacial score (nSPS) is 23.8. The molecule has 3 nitrogen and oxygen atoms in total. The van der Waals surface area contributed by atoms with E-state index in [9.17, 15) is 4.79 Å². The van der Waals surface area contributed by atoms with E-state index in [-0.39, 0.29) is 17.2 Å². The molecule has 2 aliphatic rings. The van der Waals surface area contributed by atoms with Crippen molar-refractivity contribution in [2.45, 2.75) is 44.3 Å². The number of rotatable bonds is 3. The summed E-state index contributed by atoms with van der Waals surface area (Å²) in [7, 11) is 0. The number of hydrogen-bond donors (Lipinski definition) is 1. The number of carbonyl (C=O) groups is 1. The smallest absolute Gasteiger partial charge is 0.222 e. The third-order valence-corrected chi connectivity index (χ3v) is 5.30. The number of nitrogens with zero attached hydrogens (tertiary/aromatic N) is 1. The molecule has 0 aromatic heterocycles. The maximum absolute atomic E-state index is 12.2. The molecule has 0 aliphatic carbocycles. The summed E-state index contributed by atoms with van der Waals surface area (Å²) in [5, 5.41) is 3.38. The van der Waals surface area contributed by atoms with Crippen LogP contribution in [0.1, 0.15) is 39.5 Å². The monoisotopic (exact) mass is 306 g/mol. The van der Waals surface area contributed by atoms with Gasteiger partial charge in [0.05, 0.1) is 0 Å². The lowest BCUT2D eigenvalue weighted by atomic mass is 9.93. The van der Waals surface area contributed by atoms with E-state index in [2.05, 4.69) is 24.1 Å². The molecule has 0 unspecified atom stereocenters. The lowest BCUT2D eigenvalue weighted by Crippen LogP contribution is -2.46. The van der Waals surface area contributed by atoms with E-state index in [0.717, 1.165) is 50.7 Å². The molecule has 2 rings (SSSR count). The predicted octanol–water partition coefficient (Wildman–Crippen LogP) is 2.54. The fourth-order valence-corrected chi connectivity index (χ4v) is 4.00. The summed E-state index contributed by atoms with van der Waals surface area (Å²) in [6.07, 6.45) is 4.33. The van der Waals surface area contributed by atoms with Crippen molar-refractivity contribution in [3.05, 3.63) is 0 Å². The van der Waals surface area contributed by atoms with E-state index in [1.54, 1.807) is 0 Å². The Morgan fingerprint density at radius 1 is 1.37 bits per heavy atom. The summed E-state index contributed by atoms with van der Waals surface area (Å²) in [5.74, 6) is 2.23. The van der Waals surface area contributed by atoms with Crippen molar-refractivity contribution in [2.24, 2.45) is 5.92 Å². The molecule has 2 aliphatic heterocycles. The van der Waals surface area contributed by atoms with Crippen molar-refractivity contribution in [1.29, 1.82) is 0 Å². The van der Waals surface area contributed by atoms with Gasteiger partial charge >= 0.3 is 0 Å². The summed E-state index contributed by atoms with van der Waals surface area (Å²) in [6.45, 7) is 8.61. The summed E-state index contributed by atoms with van der Waals surface area (Å²) in [4.78, 5) is 14.3. The number of carbonyl (C=O) groups excluding carboxylic acids is 1. The molecular weight excluding hydrogens is 280 g/mol. The predicted molar refractivity (Wildman–Crippen MR) is 85.2 cm³/mol. The van der Waals surface area contributed by atoms with E-state index < -0.39 is 0 Å². The van der Waals surface area contributed by atoms with E-state index >= 15 is 0 Å². The zero-order valence-corrected chi connectivity index (χ0v) is 13.7. The van der Waals surface area contributed by atoms with Gasteiger partial charge in [-0.2, -0.15) is 11.8 Å². The first-order chi connectivity index (χ1) is 8.57. The van der Waals surface area contributed by atoms with Gasteiger partial charge in [-0.15, -0.1) is 12.4 Å². The van der Waals surface area contributed by atoms with Crippen molar-refractivity contribution in [3.63, 3.8) is 0 Å². The fraction of sp³-hybridized carbons (Fsp3) is 0.929. The SMILES string of the molecule is CC1(C)CN(C(=O)CCC2CCNCC2)CCS1.Cl. The van der Waals surface area contributed by atoms with Gasteiger partial charge in [0, 0.05) is 30.0 Å². The molecule has 0 aromatic carbocycles. The number of halogens is 1. The minimum atomic E-state index is 0. The number of thioether (sulfide) groups is 1. The van der Waals surface area contributed by atoms with Crippen LogP contribution >= 0.6 is 24.2 Å². The molecule has 0 radical (unpaired) electrons. The van der Waals surface area contributed by atoms with Crippen LogP contribution in [0, 0.1) is 5.92 Å². The Morgan fingerprint density at radius 3 is 2.68 bits per heavy atom. The quantitative estimate of drug-likeness (QED) is 0.870. The molecule has 112 valence electrons. The molecule has 0 bridgehead atoms. The lowest BCUT2D eigenvalue weighted by Gasteiger charge is -2.37. The number of amides is 1. The van der Waals surface area contributed by atoms with Crippen LogP contribution in [0.25, 0.3) is 0 Å². The Bertz CT molecular complexity index is 293. The average Bonchev–Trinajstić information content (AvgIpc) is 2.36. The molecule has 1 N–H and O–H groups in total. The third kappa shape index (κ3) is 5.52. The summed E-state index contributed by atoms with van der Waals surface area (Å²) in [5.41, 5.74) is 0. The average molecular weight is 307 g/mol. The van der Waals surface area contributed by atoms with Crippen LogP contribution < -0.4 is 5.32 Å². The largest absolute Gasteiger partial charge is 0.341 e. The van der Waals surface area contributed by atoms with E-state index in [4.69, 9.17) is 0 Å². The highest BCUT2D eigenvalue weighted by molar-refractivity contribution is 8.00. The van der Waals surface area contributed by atoms with Gasteiger partial charge in [0.2, 0.25) is 5.91 Å². The molecule has 2 saturated heterocycles. The van der Waals surface area contributed by atoms with Crippen LogP contribution in [0.2, 0.25) is 0 Å². The number of hydrogen-bond acceptors (Lipinski definition) is 3. The van der Waals surface area contributed by atoms with Crippen molar-refractivity contribution in [1.82, 2.24) is 10.2 Å². The summed E-state index contributed by atoms with van der Waals surface area (Å²) in [6, 6.07) is 0. The highest BCUT2D eigenvalue weighted by Gasteiger charge is 2.29. The molecule has 0 aromatic rings. The van der Waals surface area contributed by atoms with Gasteiger partial charge < -0.3 is 10.2 Å². The Kier molecular flexibility index (Phi) is 6.98. The highest BCUT2D eigenvalue weighted by atomic mass is 35.5. The van der Waals surface area contributed by atoms with Crippen molar-refractivity contribution >= 4 is 30.1 Å². The molecule has 2 heterocycles. The standard InChI is InChI=1S/C14H26N2OS.ClH/c1-14(2)11-16(9-10-18-14)13(17)4-3-12-5-7-15-8-6-12;/h12,15H,3-11H2,1-2H3;1H. The zero-order chi connectivity index (χ0) is 13.0. The lowest BCUT2D eigenvalue weighted by molar-refractivity contribution is -0.131.